The Morgan fingerprint density at radius 1 is 0.487 bits per heavy atom. The predicted octanol–water partition coefficient (Wildman–Crippen LogP) is 8.12. The zero-order chi connectivity index (χ0) is 52.9. The first kappa shape index (κ1) is 58.9. The Morgan fingerprint density at radius 3 is 1.14 bits per heavy atom. The summed E-state index contributed by atoms with van der Waals surface area (Å²) in [5.41, 5.74) is 5.90. The molecule has 0 heterocycles. The summed E-state index contributed by atoms with van der Waals surface area (Å²) >= 11 is 0. The molecule has 0 spiro atoms. The summed E-state index contributed by atoms with van der Waals surface area (Å²) < 4.78 is 11.0. The number of rotatable bonds is 6. The molecule has 9 saturated carbocycles. The number of carbonyl (C=O) groups excluding carboxylic acids is 7. The summed E-state index contributed by atoms with van der Waals surface area (Å²) in [6.07, 6.45) is 28.2. The van der Waals surface area contributed by atoms with Crippen molar-refractivity contribution in [3.05, 3.63) is 69.9 Å². The number of esters is 1. The summed E-state index contributed by atoms with van der Waals surface area (Å²) in [5, 5.41) is 9.88. The maximum Gasteiger partial charge on any atom is 1.00 e. The fourth-order valence-electron chi connectivity index (χ4n) is 19.6. The van der Waals surface area contributed by atoms with Gasteiger partial charge in [-0.25, -0.2) is 0 Å². The van der Waals surface area contributed by atoms with Gasteiger partial charge >= 0.3 is 35.5 Å². The van der Waals surface area contributed by atoms with E-state index in [0.717, 1.165) is 127 Å². The zero-order valence-electron chi connectivity index (χ0n) is 47.3. The largest absolute Gasteiger partial charge is 1.00 e. The number of carbonyl (C=O) groups is 7. The van der Waals surface area contributed by atoms with Crippen molar-refractivity contribution in [3.63, 3.8) is 0 Å². The van der Waals surface area contributed by atoms with Crippen LogP contribution in [0.5, 0.6) is 0 Å². The molecule has 0 aromatic heterocycles. The molecule has 12 aliphatic carbocycles. The third-order valence-electron chi connectivity index (χ3n) is 23.9. The van der Waals surface area contributed by atoms with Crippen molar-refractivity contribution in [1.29, 1.82) is 0 Å². The molecular formula is C64H85NaO11. The minimum Gasteiger partial charge on any atom is -0.870 e. The van der Waals surface area contributed by atoms with Crippen LogP contribution < -0.4 is 29.6 Å². The van der Waals surface area contributed by atoms with Crippen LogP contribution in [0, 0.1) is 85.8 Å². The quantitative estimate of drug-likeness (QED) is 0.200. The Hall–Kier alpha value is -3.19. The van der Waals surface area contributed by atoms with Crippen LogP contribution in [0.3, 0.4) is 0 Å². The molecule has 408 valence electrons. The smallest absolute Gasteiger partial charge is 0.870 e. The van der Waals surface area contributed by atoms with E-state index in [2.05, 4.69) is 41.5 Å². The van der Waals surface area contributed by atoms with E-state index in [1.165, 1.54) is 29.2 Å². The molecule has 0 radical (unpaired) electrons. The van der Waals surface area contributed by atoms with Gasteiger partial charge in [0, 0.05) is 65.3 Å². The molecule has 9 fully saturated rings. The fourth-order valence-corrected chi connectivity index (χ4v) is 19.6. The topological polar surface area (TPSA) is 188 Å². The van der Waals surface area contributed by atoms with Crippen LogP contribution in [0.1, 0.15) is 171 Å². The number of hydrogen-bond acceptors (Lipinski definition) is 11. The number of aliphatic hydroxyl groups is 1. The van der Waals surface area contributed by atoms with Gasteiger partial charge < -0.3 is 20.1 Å². The third-order valence-corrected chi connectivity index (χ3v) is 23.9. The summed E-state index contributed by atoms with van der Waals surface area (Å²) in [6, 6.07) is 0. The number of ether oxygens (including phenoxy) is 2. The molecule has 11 nitrogen and oxygen atoms in total. The summed E-state index contributed by atoms with van der Waals surface area (Å²) in [5.74, 6) is 5.79. The summed E-state index contributed by atoms with van der Waals surface area (Å²) in [6.45, 7) is 18.2. The van der Waals surface area contributed by atoms with Crippen LogP contribution in [0.15, 0.2) is 69.9 Å². The normalized spacial score (nSPS) is 42.2. The van der Waals surface area contributed by atoms with E-state index in [1.54, 1.807) is 18.2 Å². The standard InChI is InChI=1S/C22H28O4.C22H30O3.C20H26O3.Na.H2O/c1-13(23)26-12-15-11-16(24)10-14-4-5-17-18-6-7-20(25)21(18,2)9-8-19(17)22(14,15)3;1-4-25-13-15-12-16(23)11-14-5-6-17-18-7-8-20(24)21(18,2)10-9-19(17)22(14,15)3;1-19-8-7-17-15(16(19)5-6-18(19)23)4-3-12-9-14(22)10-13(11-21)20(12,17)2;;/h10-11,17-19H,4-9,12H2,1-3H3;11-12,17-19H,4-10,13H2,1-3H3;9-10,15-17,21H,3-8,11H2,1-2H3;;1H2/q;;;+1;/p-1/t2*17-,18-,19-,21-,22+;15-,16-,17-,19-,20+;;/m000../s1. The van der Waals surface area contributed by atoms with E-state index in [-0.39, 0.29) is 104 Å². The summed E-state index contributed by atoms with van der Waals surface area (Å²) in [4.78, 5) is 85.2. The Kier molecular flexibility index (Phi) is 16.8. The molecule has 0 aliphatic heterocycles. The number of ketones is 6. The zero-order valence-corrected chi connectivity index (χ0v) is 49.3. The van der Waals surface area contributed by atoms with Crippen molar-refractivity contribution in [2.45, 2.75) is 171 Å². The molecule has 0 saturated heterocycles. The Morgan fingerprint density at radius 2 is 0.816 bits per heavy atom. The number of hydrogen-bond donors (Lipinski definition) is 1. The van der Waals surface area contributed by atoms with Crippen LogP contribution in [-0.4, -0.2) is 77.7 Å². The van der Waals surface area contributed by atoms with Crippen LogP contribution >= 0.6 is 0 Å². The van der Waals surface area contributed by atoms with E-state index in [4.69, 9.17) is 9.47 Å². The van der Waals surface area contributed by atoms with Crippen LogP contribution in [0.25, 0.3) is 0 Å². The molecule has 0 amide bonds. The molecule has 12 aliphatic rings. The van der Waals surface area contributed by atoms with E-state index >= 15 is 0 Å². The minimum atomic E-state index is -0.317. The molecule has 15 atom stereocenters. The molecule has 12 heteroatoms. The Bertz CT molecular complexity index is 2610. The Balaban J connectivity index is 0.000000149. The molecule has 12 rings (SSSR count). The number of Topliss-reactive ketones (excluding diaryl/α,β-unsaturated/α-hetero) is 3. The van der Waals surface area contributed by atoms with Gasteiger partial charge in [0.2, 0.25) is 0 Å². The monoisotopic (exact) mass is 1050 g/mol. The van der Waals surface area contributed by atoms with Gasteiger partial charge in [0.05, 0.1) is 13.2 Å². The fraction of sp³-hybridized carbons (Fsp3) is 0.703. The van der Waals surface area contributed by atoms with Gasteiger partial charge in [-0.3, -0.25) is 33.6 Å². The summed E-state index contributed by atoms with van der Waals surface area (Å²) in [7, 11) is 0. The van der Waals surface area contributed by atoms with E-state index in [1.807, 2.05) is 25.2 Å². The first-order valence-electron chi connectivity index (χ1n) is 28.9. The third kappa shape index (κ3) is 9.19. The van der Waals surface area contributed by atoms with E-state index in [0.29, 0.717) is 83.8 Å². The predicted molar refractivity (Wildman–Crippen MR) is 284 cm³/mol. The maximum absolute atomic E-state index is 12.5. The first-order valence-corrected chi connectivity index (χ1v) is 28.9. The van der Waals surface area contributed by atoms with Gasteiger partial charge in [-0.05, 0) is 210 Å². The second-order valence-electron chi connectivity index (χ2n) is 26.4. The van der Waals surface area contributed by atoms with Gasteiger partial charge in [-0.2, -0.15) is 0 Å². The Labute approximate surface area is 474 Å². The molecule has 0 unspecified atom stereocenters. The van der Waals surface area contributed by atoms with Gasteiger partial charge in [-0.15, -0.1) is 0 Å². The van der Waals surface area contributed by atoms with Gasteiger partial charge in [0.25, 0.3) is 0 Å². The number of aliphatic hydroxyl groups excluding tert-OH is 1. The molecule has 0 aromatic carbocycles. The molecular weight excluding hydrogens is 968 g/mol. The van der Waals surface area contributed by atoms with Crippen molar-refractivity contribution >= 4 is 40.7 Å². The second-order valence-corrected chi connectivity index (χ2v) is 26.4. The average Bonchev–Trinajstić information content (AvgIpc) is 3.97. The number of allylic oxidation sites excluding steroid dienone is 9. The van der Waals surface area contributed by atoms with E-state index in [9.17, 15) is 38.7 Å². The molecule has 0 bridgehead atoms. The molecule has 0 aromatic rings. The minimum absolute atomic E-state index is 0. The maximum atomic E-state index is 12.5. The van der Waals surface area contributed by atoms with Crippen molar-refractivity contribution in [1.82, 2.24) is 0 Å². The SMILES string of the molecule is CC(=O)OCC1=CC(=O)C=C2CC[C@@H]3[C@H](CC[C@]4(C)C(=O)CC[C@@H]34)[C@]21C.CCOCC1=CC(=O)C=C2CC[C@@H]3[C@H](CC[C@]4(C)C(=O)CC[C@@H]34)[C@]21C.C[C@]12C(CO)=CC(=O)C=C1CC[C@@H]1[C@@H]2CC[C@]2(C)C(=O)CC[C@@H]12.[Na+].[OH-]. The van der Waals surface area contributed by atoms with Gasteiger partial charge in [-0.1, -0.05) is 58.3 Å². The van der Waals surface area contributed by atoms with Gasteiger partial charge in [0.15, 0.2) is 17.3 Å². The van der Waals surface area contributed by atoms with Crippen molar-refractivity contribution < 1.29 is 83.2 Å². The molecule has 2 N–H and O–H groups in total. The van der Waals surface area contributed by atoms with Crippen LogP contribution in [-0.2, 0) is 43.0 Å². The van der Waals surface area contributed by atoms with Crippen molar-refractivity contribution in [3.8, 4) is 0 Å². The van der Waals surface area contributed by atoms with Crippen LogP contribution in [0.4, 0.5) is 0 Å². The number of fused-ring (bicyclic) bond motifs is 15. The first-order chi connectivity index (χ1) is 35.1. The van der Waals surface area contributed by atoms with E-state index < -0.39 is 0 Å². The average molecular weight is 1050 g/mol. The van der Waals surface area contributed by atoms with Crippen LogP contribution in [0.2, 0.25) is 0 Å². The van der Waals surface area contributed by atoms with Gasteiger partial charge in [0.1, 0.15) is 24.0 Å². The molecule has 76 heavy (non-hydrogen) atoms. The second kappa shape index (κ2) is 21.7. The van der Waals surface area contributed by atoms with Crippen molar-refractivity contribution in [2.24, 2.45) is 85.8 Å². The van der Waals surface area contributed by atoms with Crippen molar-refractivity contribution in [2.75, 3.05) is 26.4 Å².